The molecule has 1 saturated heterocycles. The molecule has 0 amide bonds. The van der Waals surface area contributed by atoms with Crippen molar-refractivity contribution in [3.63, 3.8) is 0 Å². The van der Waals surface area contributed by atoms with Crippen molar-refractivity contribution in [2.24, 2.45) is 0 Å². The largest absolute Gasteiger partial charge is 0.496 e. The minimum Gasteiger partial charge on any atom is -0.496 e. The maximum atomic E-state index is 11.3. The molecule has 1 heterocycles. The van der Waals surface area contributed by atoms with Crippen LogP contribution in [-0.4, -0.2) is 47.2 Å². The molecule has 1 N–H and O–H groups in total. The molecule has 1 aliphatic heterocycles. The highest BCUT2D eigenvalue weighted by Gasteiger charge is 2.29. The Hall–Kier alpha value is -1.20. The van der Waals surface area contributed by atoms with Crippen molar-refractivity contribution in [3.05, 3.63) is 29.3 Å². The van der Waals surface area contributed by atoms with Crippen molar-refractivity contribution >= 4 is 17.7 Å². The molecule has 1 aromatic rings. The van der Waals surface area contributed by atoms with Gasteiger partial charge in [-0.15, -0.1) is 0 Å². The molecule has 0 aliphatic carbocycles. The Morgan fingerprint density at radius 3 is 3.05 bits per heavy atom. The van der Waals surface area contributed by atoms with Crippen LogP contribution in [0.5, 0.6) is 5.75 Å². The van der Waals surface area contributed by atoms with E-state index >= 15 is 0 Å². The SMILES string of the molecule is COc1ccc(C)cc1CN1CCSCC1C(=O)O. The molecule has 1 aromatic carbocycles. The molecule has 19 heavy (non-hydrogen) atoms. The highest BCUT2D eigenvalue weighted by molar-refractivity contribution is 7.99. The molecule has 1 unspecified atom stereocenters. The second kappa shape index (κ2) is 6.30. The molecule has 1 aliphatic rings. The lowest BCUT2D eigenvalue weighted by molar-refractivity contribution is -0.142. The average molecular weight is 281 g/mol. The van der Waals surface area contributed by atoms with E-state index in [2.05, 4.69) is 6.07 Å². The molecular formula is C14H19NO3S. The summed E-state index contributed by atoms with van der Waals surface area (Å²) in [5.41, 5.74) is 2.22. The molecule has 0 radical (unpaired) electrons. The summed E-state index contributed by atoms with van der Waals surface area (Å²) in [6.07, 6.45) is 0. The Morgan fingerprint density at radius 2 is 2.37 bits per heavy atom. The van der Waals surface area contributed by atoms with E-state index in [9.17, 15) is 9.90 Å². The van der Waals surface area contributed by atoms with Gasteiger partial charge in [-0.2, -0.15) is 11.8 Å². The zero-order valence-corrected chi connectivity index (χ0v) is 12.1. The van der Waals surface area contributed by atoms with Gasteiger partial charge in [0.1, 0.15) is 11.8 Å². The van der Waals surface area contributed by atoms with Gasteiger partial charge in [0.25, 0.3) is 0 Å². The van der Waals surface area contributed by atoms with Gasteiger partial charge in [0, 0.05) is 30.2 Å². The molecule has 0 aromatic heterocycles. The number of nitrogens with zero attached hydrogens (tertiary/aromatic N) is 1. The van der Waals surface area contributed by atoms with E-state index in [1.807, 2.05) is 24.0 Å². The fourth-order valence-electron chi connectivity index (χ4n) is 2.30. The van der Waals surface area contributed by atoms with Crippen LogP contribution < -0.4 is 4.74 Å². The summed E-state index contributed by atoms with van der Waals surface area (Å²) in [5, 5.41) is 9.28. The van der Waals surface area contributed by atoms with Gasteiger partial charge < -0.3 is 9.84 Å². The highest BCUT2D eigenvalue weighted by Crippen LogP contribution is 2.25. The molecule has 1 atom stereocenters. The third-order valence-electron chi connectivity index (χ3n) is 3.33. The first-order valence-corrected chi connectivity index (χ1v) is 7.45. The lowest BCUT2D eigenvalue weighted by Crippen LogP contribution is -2.46. The fourth-order valence-corrected chi connectivity index (χ4v) is 3.41. The smallest absolute Gasteiger partial charge is 0.321 e. The zero-order valence-electron chi connectivity index (χ0n) is 11.3. The Morgan fingerprint density at radius 1 is 1.58 bits per heavy atom. The van der Waals surface area contributed by atoms with Crippen LogP contribution in [-0.2, 0) is 11.3 Å². The second-order valence-corrected chi connectivity index (χ2v) is 5.86. The number of aliphatic carboxylic acids is 1. The average Bonchev–Trinajstić information content (AvgIpc) is 2.39. The summed E-state index contributed by atoms with van der Waals surface area (Å²) >= 11 is 1.71. The van der Waals surface area contributed by atoms with Crippen LogP contribution in [0.2, 0.25) is 0 Å². The van der Waals surface area contributed by atoms with Gasteiger partial charge in [-0.3, -0.25) is 9.69 Å². The molecule has 2 rings (SSSR count). The summed E-state index contributed by atoms with van der Waals surface area (Å²) in [5.74, 6) is 1.73. The fraction of sp³-hybridized carbons (Fsp3) is 0.500. The van der Waals surface area contributed by atoms with Crippen molar-refractivity contribution in [2.75, 3.05) is 25.2 Å². The van der Waals surface area contributed by atoms with E-state index in [0.717, 1.165) is 29.2 Å². The molecule has 5 heteroatoms. The number of methoxy groups -OCH3 is 1. The van der Waals surface area contributed by atoms with Crippen molar-refractivity contribution < 1.29 is 14.6 Å². The lowest BCUT2D eigenvalue weighted by Gasteiger charge is -2.32. The van der Waals surface area contributed by atoms with Crippen molar-refractivity contribution in [1.82, 2.24) is 4.90 Å². The van der Waals surface area contributed by atoms with E-state index < -0.39 is 12.0 Å². The van der Waals surface area contributed by atoms with Gasteiger partial charge >= 0.3 is 5.97 Å². The Bertz CT molecular complexity index is 464. The molecule has 1 fully saturated rings. The van der Waals surface area contributed by atoms with Crippen LogP contribution in [0.1, 0.15) is 11.1 Å². The Kier molecular flexibility index (Phi) is 4.71. The number of benzene rings is 1. The summed E-state index contributed by atoms with van der Waals surface area (Å²) in [7, 11) is 1.65. The van der Waals surface area contributed by atoms with E-state index in [4.69, 9.17) is 4.74 Å². The quantitative estimate of drug-likeness (QED) is 0.915. The summed E-state index contributed by atoms with van der Waals surface area (Å²) in [6.45, 7) is 3.46. The molecular weight excluding hydrogens is 262 g/mol. The standard InChI is InChI=1S/C14H19NO3S/c1-10-3-4-13(18-2)11(7-10)8-15-5-6-19-9-12(15)14(16)17/h3-4,7,12H,5-6,8-9H2,1-2H3,(H,16,17). The van der Waals surface area contributed by atoms with Crippen LogP contribution >= 0.6 is 11.8 Å². The first kappa shape index (κ1) is 14.2. The maximum Gasteiger partial charge on any atom is 0.321 e. The first-order valence-electron chi connectivity index (χ1n) is 6.30. The van der Waals surface area contributed by atoms with E-state index in [-0.39, 0.29) is 0 Å². The minimum atomic E-state index is -0.737. The van der Waals surface area contributed by atoms with Crippen LogP contribution in [0.15, 0.2) is 18.2 Å². The predicted octanol–water partition coefficient (Wildman–Crippen LogP) is 2.01. The second-order valence-electron chi connectivity index (χ2n) is 4.71. The number of thioether (sulfide) groups is 1. The van der Waals surface area contributed by atoms with Gasteiger partial charge in [0.15, 0.2) is 0 Å². The van der Waals surface area contributed by atoms with Crippen molar-refractivity contribution in [2.45, 2.75) is 19.5 Å². The zero-order chi connectivity index (χ0) is 13.8. The number of hydrogen-bond acceptors (Lipinski definition) is 4. The minimum absolute atomic E-state index is 0.399. The highest BCUT2D eigenvalue weighted by atomic mass is 32.2. The predicted molar refractivity (Wildman–Crippen MR) is 76.9 cm³/mol. The third kappa shape index (κ3) is 3.42. The number of carbonyl (C=O) groups is 1. The van der Waals surface area contributed by atoms with Crippen LogP contribution in [0.4, 0.5) is 0 Å². The molecule has 0 spiro atoms. The molecule has 0 saturated carbocycles. The van der Waals surface area contributed by atoms with Crippen LogP contribution in [0, 0.1) is 6.92 Å². The first-order chi connectivity index (χ1) is 9.11. The Labute approximate surface area is 117 Å². The number of carboxylic acid groups (broad SMARTS) is 1. The Balaban J connectivity index is 2.18. The summed E-state index contributed by atoms with van der Waals surface area (Å²) in [4.78, 5) is 13.3. The monoisotopic (exact) mass is 281 g/mol. The lowest BCUT2D eigenvalue weighted by atomic mass is 10.1. The molecule has 4 nitrogen and oxygen atoms in total. The molecule has 0 bridgehead atoms. The van der Waals surface area contributed by atoms with E-state index in [1.165, 1.54) is 0 Å². The van der Waals surface area contributed by atoms with Crippen molar-refractivity contribution in [1.29, 1.82) is 0 Å². The van der Waals surface area contributed by atoms with E-state index in [1.54, 1.807) is 18.9 Å². The van der Waals surface area contributed by atoms with Gasteiger partial charge in [-0.25, -0.2) is 0 Å². The van der Waals surface area contributed by atoms with Gasteiger partial charge in [-0.05, 0) is 13.0 Å². The van der Waals surface area contributed by atoms with Gasteiger partial charge in [0.2, 0.25) is 0 Å². The number of carboxylic acids is 1. The third-order valence-corrected chi connectivity index (χ3v) is 4.36. The number of hydrogen-bond donors (Lipinski definition) is 1. The number of ether oxygens (including phenoxy) is 1. The van der Waals surface area contributed by atoms with Gasteiger partial charge in [-0.1, -0.05) is 17.7 Å². The molecule has 104 valence electrons. The number of aryl methyl sites for hydroxylation is 1. The van der Waals surface area contributed by atoms with Gasteiger partial charge in [0.05, 0.1) is 7.11 Å². The maximum absolute atomic E-state index is 11.3. The topological polar surface area (TPSA) is 49.8 Å². The summed E-state index contributed by atoms with van der Waals surface area (Å²) < 4.78 is 5.36. The summed E-state index contributed by atoms with van der Waals surface area (Å²) in [6, 6.07) is 5.62. The van der Waals surface area contributed by atoms with E-state index in [0.29, 0.717) is 12.3 Å². The van der Waals surface area contributed by atoms with Crippen LogP contribution in [0.3, 0.4) is 0 Å². The van der Waals surface area contributed by atoms with Crippen LogP contribution in [0.25, 0.3) is 0 Å². The number of rotatable bonds is 4. The normalized spacial score (nSPS) is 20.2. The van der Waals surface area contributed by atoms with Crippen molar-refractivity contribution in [3.8, 4) is 5.75 Å².